The number of benzene rings is 1. The van der Waals surface area contributed by atoms with Gasteiger partial charge in [-0.2, -0.15) is 0 Å². The van der Waals surface area contributed by atoms with E-state index in [4.69, 9.17) is 27.9 Å². The molecule has 9 heteroatoms. The molecule has 0 aliphatic carbocycles. The van der Waals surface area contributed by atoms with Crippen LogP contribution in [0.15, 0.2) is 12.1 Å². The van der Waals surface area contributed by atoms with Gasteiger partial charge in [0.1, 0.15) is 0 Å². The number of nitrogens with one attached hydrogen (secondary N) is 2. The Bertz CT molecular complexity index is 793. The van der Waals surface area contributed by atoms with E-state index >= 15 is 0 Å². The van der Waals surface area contributed by atoms with Gasteiger partial charge in [-0.3, -0.25) is 9.59 Å². The number of anilines is 1. The Kier molecular flexibility index (Phi) is 5.24. The van der Waals surface area contributed by atoms with Gasteiger partial charge < -0.3 is 20.3 Å². The maximum absolute atomic E-state index is 13.0. The van der Waals surface area contributed by atoms with Crippen molar-refractivity contribution in [3.05, 3.63) is 22.2 Å². The molecule has 27 heavy (non-hydrogen) atoms. The van der Waals surface area contributed by atoms with Crippen LogP contribution in [0.3, 0.4) is 0 Å². The van der Waals surface area contributed by atoms with Crippen molar-refractivity contribution in [3.63, 3.8) is 0 Å². The van der Waals surface area contributed by atoms with Gasteiger partial charge in [-0.15, -0.1) is 0 Å². The summed E-state index contributed by atoms with van der Waals surface area (Å²) in [6, 6.07) is 3.84. The van der Waals surface area contributed by atoms with Crippen LogP contribution >= 0.6 is 23.2 Å². The highest BCUT2D eigenvalue weighted by atomic mass is 35.5. The van der Waals surface area contributed by atoms with Crippen LogP contribution in [0.25, 0.3) is 0 Å². The first-order chi connectivity index (χ1) is 12.9. The van der Waals surface area contributed by atoms with Gasteiger partial charge in [0.25, 0.3) is 0 Å². The molecule has 0 saturated carbocycles. The van der Waals surface area contributed by atoms with E-state index < -0.39 is 14.6 Å². The molecule has 0 unspecified atom stereocenters. The molecular formula is C18H23Cl2N3O3Si. The molecular weight excluding hydrogens is 405 g/mol. The number of hydrogen-bond acceptors (Lipinski definition) is 4. The first-order valence-electron chi connectivity index (χ1n) is 9.22. The lowest BCUT2D eigenvalue weighted by Crippen LogP contribution is -2.48. The van der Waals surface area contributed by atoms with Gasteiger partial charge >= 0.3 is 0 Å². The van der Waals surface area contributed by atoms with E-state index in [1.165, 1.54) is 0 Å². The number of amides is 2. The third-order valence-electron chi connectivity index (χ3n) is 6.01. The lowest BCUT2D eigenvalue weighted by atomic mass is 10.0. The molecule has 2 amide bonds. The van der Waals surface area contributed by atoms with Crippen molar-refractivity contribution in [2.45, 2.75) is 23.9 Å². The zero-order valence-electron chi connectivity index (χ0n) is 15.2. The van der Waals surface area contributed by atoms with Crippen LogP contribution in [-0.4, -0.2) is 65.6 Å². The molecule has 0 bridgehead atoms. The molecule has 2 N–H and O–H groups in total. The molecule has 3 aliphatic rings. The lowest BCUT2D eigenvalue weighted by Gasteiger charge is -2.33. The Morgan fingerprint density at radius 1 is 1.41 bits per heavy atom. The van der Waals surface area contributed by atoms with Gasteiger partial charge in [0.2, 0.25) is 11.8 Å². The zero-order valence-corrected chi connectivity index (χ0v) is 18.1. The fraction of sp³-hybridized carbons (Fsp3) is 0.556. The van der Waals surface area contributed by atoms with Gasteiger partial charge in [0.15, 0.2) is 0 Å². The second kappa shape index (κ2) is 7.37. The summed E-state index contributed by atoms with van der Waals surface area (Å²) in [6.45, 7) is 2.44. The molecule has 1 aromatic carbocycles. The maximum atomic E-state index is 13.0. The third kappa shape index (κ3) is 3.51. The van der Waals surface area contributed by atoms with Gasteiger partial charge in [0.05, 0.1) is 37.1 Å². The first-order valence-corrected chi connectivity index (χ1v) is 11.4. The number of likely N-dealkylation sites (tertiary alicyclic amines) is 1. The highest BCUT2D eigenvalue weighted by Crippen LogP contribution is 2.42. The van der Waals surface area contributed by atoms with Crippen molar-refractivity contribution in [1.82, 2.24) is 10.2 Å². The zero-order chi connectivity index (χ0) is 19.2. The topological polar surface area (TPSA) is 70.7 Å². The standard InChI is InChI=1S/C18H23Cl2N3O3Si/c1-26-8-11-4-10(7-21-11)16(24)23-3-2-18(9-23)17(25)22-14-5-12(19)13(20)6-15(14)27-18/h5-6,10-11,21H,2-4,7-9,27H2,1H3,(H,22,25)/t10-,11+,18-/m0/s1. The molecule has 1 aromatic rings. The molecule has 0 radical (unpaired) electrons. The SMILES string of the molecule is COC[C@H]1C[C@H](C(=O)N2CC[C@@]3(C2)[SiH2]c2cc(Cl)c(Cl)cc2NC3=O)CN1. The van der Waals surface area contributed by atoms with Crippen molar-refractivity contribution >= 4 is 55.4 Å². The van der Waals surface area contributed by atoms with Crippen LogP contribution < -0.4 is 15.8 Å². The molecule has 146 valence electrons. The minimum atomic E-state index is -0.947. The number of rotatable bonds is 3. The van der Waals surface area contributed by atoms with Crippen LogP contribution in [0.2, 0.25) is 15.1 Å². The minimum Gasteiger partial charge on any atom is -0.383 e. The van der Waals surface area contributed by atoms with Crippen molar-refractivity contribution in [2.24, 2.45) is 5.92 Å². The normalized spacial score (nSPS) is 30.8. The second-order valence-corrected chi connectivity index (χ2v) is 11.1. The molecule has 0 aromatic heterocycles. The first kappa shape index (κ1) is 19.2. The molecule has 2 saturated heterocycles. The maximum Gasteiger partial charge on any atom is 0.229 e. The predicted octanol–water partition coefficient (Wildman–Crippen LogP) is 0.755. The summed E-state index contributed by atoms with van der Waals surface area (Å²) in [7, 11) is 0.724. The molecule has 1 spiro atoms. The van der Waals surface area contributed by atoms with Crippen LogP contribution in [0.1, 0.15) is 12.8 Å². The van der Waals surface area contributed by atoms with Crippen molar-refractivity contribution < 1.29 is 14.3 Å². The molecule has 6 nitrogen and oxygen atoms in total. The Balaban J connectivity index is 1.47. The lowest BCUT2D eigenvalue weighted by molar-refractivity contribution is -0.134. The summed E-state index contributed by atoms with van der Waals surface area (Å²) in [5, 5.41) is 7.97. The van der Waals surface area contributed by atoms with E-state index in [0.717, 1.165) is 23.7 Å². The summed E-state index contributed by atoms with van der Waals surface area (Å²) in [4.78, 5) is 27.7. The van der Waals surface area contributed by atoms with E-state index in [1.807, 2.05) is 11.0 Å². The van der Waals surface area contributed by atoms with Crippen LogP contribution in [0.4, 0.5) is 5.69 Å². The van der Waals surface area contributed by atoms with Crippen LogP contribution in [0.5, 0.6) is 0 Å². The number of nitrogens with zero attached hydrogens (tertiary/aromatic N) is 1. The number of halogens is 2. The number of fused-ring (bicyclic) bond motifs is 1. The van der Waals surface area contributed by atoms with Crippen molar-refractivity contribution in [3.8, 4) is 0 Å². The minimum absolute atomic E-state index is 0.0252. The summed E-state index contributed by atoms with van der Waals surface area (Å²) in [6.07, 6.45) is 1.51. The molecule has 3 heterocycles. The number of carbonyl (C=O) groups excluding carboxylic acids is 2. The fourth-order valence-electron chi connectivity index (χ4n) is 4.53. The van der Waals surface area contributed by atoms with Crippen molar-refractivity contribution in [1.29, 1.82) is 0 Å². The fourth-order valence-corrected chi connectivity index (χ4v) is 7.40. The Morgan fingerprint density at radius 2 is 2.19 bits per heavy atom. The average molecular weight is 428 g/mol. The number of carbonyl (C=O) groups is 2. The van der Waals surface area contributed by atoms with Gasteiger partial charge in [-0.05, 0) is 30.2 Å². The van der Waals surface area contributed by atoms with Gasteiger partial charge in [0, 0.05) is 38.5 Å². The quantitative estimate of drug-likeness (QED) is 0.698. The highest BCUT2D eigenvalue weighted by Gasteiger charge is 2.49. The summed E-state index contributed by atoms with van der Waals surface area (Å²) >= 11 is 12.3. The molecule has 3 atom stereocenters. The Labute approximate surface area is 170 Å². The Morgan fingerprint density at radius 3 is 2.96 bits per heavy atom. The van der Waals surface area contributed by atoms with Crippen molar-refractivity contribution in [2.75, 3.05) is 38.7 Å². The largest absolute Gasteiger partial charge is 0.383 e. The van der Waals surface area contributed by atoms with E-state index in [-0.39, 0.29) is 23.8 Å². The molecule has 3 aliphatic heterocycles. The second-order valence-electron chi connectivity index (χ2n) is 7.84. The van der Waals surface area contributed by atoms with Crippen LogP contribution in [0, 0.1) is 5.92 Å². The monoisotopic (exact) mass is 427 g/mol. The van der Waals surface area contributed by atoms with E-state index in [0.29, 0.717) is 36.3 Å². The number of methoxy groups -OCH3 is 1. The summed E-state index contributed by atoms with van der Waals surface area (Å²) in [5.41, 5.74) is 0.777. The highest BCUT2D eigenvalue weighted by molar-refractivity contribution is 6.66. The van der Waals surface area contributed by atoms with E-state index in [2.05, 4.69) is 10.6 Å². The van der Waals surface area contributed by atoms with E-state index in [9.17, 15) is 9.59 Å². The van der Waals surface area contributed by atoms with E-state index in [1.54, 1.807) is 13.2 Å². The summed E-state index contributed by atoms with van der Waals surface area (Å²) < 4.78 is 5.18. The van der Waals surface area contributed by atoms with Gasteiger partial charge in [-0.25, -0.2) is 0 Å². The Hall–Kier alpha value is -1.12. The average Bonchev–Trinajstić information content (AvgIpc) is 3.26. The molecule has 4 rings (SSSR count). The smallest absolute Gasteiger partial charge is 0.229 e. The van der Waals surface area contributed by atoms with Gasteiger partial charge in [-0.1, -0.05) is 23.2 Å². The third-order valence-corrected chi connectivity index (χ3v) is 9.27. The summed E-state index contributed by atoms with van der Waals surface area (Å²) in [5.74, 6) is 0.144. The predicted molar refractivity (Wildman–Crippen MR) is 109 cm³/mol. The number of ether oxygens (including phenoxy) is 1. The molecule has 2 fully saturated rings. The number of hydrogen-bond donors (Lipinski definition) is 2. The van der Waals surface area contributed by atoms with Crippen LogP contribution in [-0.2, 0) is 14.3 Å².